The Morgan fingerprint density at radius 3 is 2.23 bits per heavy atom. The van der Waals surface area contributed by atoms with Gasteiger partial charge in [0.15, 0.2) is 0 Å². The Morgan fingerprint density at radius 1 is 1.06 bits per heavy atom. The van der Waals surface area contributed by atoms with Gasteiger partial charge in [-0.15, -0.1) is 12.3 Å². The SMILES string of the molecule is C=C[Si](C)(C)CCCN1CC(=O)N(CCCC(C)(C)C(C)(C)C(C)(C)CC2CO2)C1=O. The zero-order valence-electron chi connectivity index (χ0n) is 21.3. The van der Waals surface area contributed by atoms with Gasteiger partial charge in [-0.3, -0.25) is 9.69 Å². The molecule has 0 saturated carbocycles. The lowest BCUT2D eigenvalue weighted by Gasteiger charge is -2.52. The van der Waals surface area contributed by atoms with Crippen molar-refractivity contribution in [2.75, 3.05) is 26.2 Å². The van der Waals surface area contributed by atoms with Crippen LogP contribution in [0.4, 0.5) is 4.79 Å². The molecule has 1 unspecified atom stereocenters. The maximum absolute atomic E-state index is 12.8. The number of amides is 3. The largest absolute Gasteiger partial charge is 0.373 e. The van der Waals surface area contributed by atoms with E-state index in [9.17, 15) is 9.59 Å². The van der Waals surface area contributed by atoms with Gasteiger partial charge >= 0.3 is 6.03 Å². The number of hydrogen-bond donors (Lipinski definition) is 0. The second-order valence-electron chi connectivity index (χ2n) is 12.2. The van der Waals surface area contributed by atoms with Crippen LogP contribution in [0.2, 0.25) is 19.1 Å². The van der Waals surface area contributed by atoms with Crippen LogP contribution in [-0.2, 0) is 9.53 Å². The van der Waals surface area contributed by atoms with E-state index in [1.807, 2.05) is 0 Å². The van der Waals surface area contributed by atoms with Crippen molar-refractivity contribution in [2.24, 2.45) is 16.2 Å². The molecular formula is C25H46N2O3Si. The van der Waals surface area contributed by atoms with Gasteiger partial charge in [-0.25, -0.2) is 4.79 Å². The molecule has 178 valence electrons. The Bertz CT molecular complexity index is 680. The summed E-state index contributed by atoms with van der Waals surface area (Å²) in [5.41, 5.74) is 2.42. The number of carbonyl (C=O) groups is 2. The van der Waals surface area contributed by atoms with Crippen molar-refractivity contribution in [3.05, 3.63) is 12.3 Å². The van der Waals surface area contributed by atoms with Crippen LogP contribution in [0.3, 0.4) is 0 Å². The minimum absolute atomic E-state index is 0.0477. The van der Waals surface area contributed by atoms with Gasteiger partial charge in [0, 0.05) is 13.1 Å². The van der Waals surface area contributed by atoms with E-state index in [2.05, 4.69) is 66.9 Å². The Kier molecular flexibility index (Phi) is 7.90. The molecule has 0 aromatic carbocycles. The molecule has 3 amide bonds. The fraction of sp³-hybridized carbons (Fsp3) is 0.840. The number of epoxide rings is 1. The second kappa shape index (κ2) is 9.38. The van der Waals surface area contributed by atoms with E-state index in [0.29, 0.717) is 19.2 Å². The minimum atomic E-state index is -1.37. The van der Waals surface area contributed by atoms with Crippen molar-refractivity contribution < 1.29 is 14.3 Å². The normalized spacial score (nSPS) is 20.6. The van der Waals surface area contributed by atoms with Crippen molar-refractivity contribution in [1.82, 2.24) is 9.80 Å². The molecule has 5 nitrogen and oxygen atoms in total. The topological polar surface area (TPSA) is 53.2 Å². The Hall–Kier alpha value is -1.14. The molecule has 1 atom stereocenters. The third kappa shape index (κ3) is 6.22. The van der Waals surface area contributed by atoms with Crippen molar-refractivity contribution in [2.45, 2.75) is 92.5 Å². The first-order chi connectivity index (χ1) is 14.1. The summed E-state index contributed by atoms with van der Waals surface area (Å²) >= 11 is 0. The lowest BCUT2D eigenvalue weighted by atomic mass is 9.52. The summed E-state index contributed by atoms with van der Waals surface area (Å²) in [5.74, 6) is -0.0477. The fourth-order valence-corrected chi connectivity index (χ4v) is 6.01. The van der Waals surface area contributed by atoms with Crippen molar-refractivity contribution >= 4 is 20.0 Å². The van der Waals surface area contributed by atoms with Gasteiger partial charge in [0.1, 0.15) is 6.54 Å². The first-order valence-corrected chi connectivity index (χ1v) is 15.3. The zero-order chi connectivity index (χ0) is 23.7. The zero-order valence-corrected chi connectivity index (χ0v) is 22.3. The third-order valence-corrected chi connectivity index (χ3v) is 11.4. The van der Waals surface area contributed by atoms with E-state index >= 15 is 0 Å². The molecule has 0 N–H and O–H groups in total. The van der Waals surface area contributed by atoms with Crippen LogP contribution >= 0.6 is 0 Å². The average molecular weight is 451 g/mol. The maximum Gasteiger partial charge on any atom is 0.327 e. The summed E-state index contributed by atoms with van der Waals surface area (Å²) in [7, 11) is -1.37. The monoisotopic (exact) mass is 450 g/mol. The van der Waals surface area contributed by atoms with Crippen LogP contribution in [0.5, 0.6) is 0 Å². The first-order valence-electron chi connectivity index (χ1n) is 12.0. The summed E-state index contributed by atoms with van der Waals surface area (Å²) < 4.78 is 5.50. The van der Waals surface area contributed by atoms with Gasteiger partial charge in [0.05, 0.1) is 20.8 Å². The molecule has 0 bridgehead atoms. The van der Waals surface area contributed by atoms with E-state index in [1.54, 1.807) is 4.90 Å². The molecular weight excluding hydrogens is 404 g/mol. The minimum Gasteiger partial charge on any atom is -0.373 e. The number of hydrogen-bond acceptors (Lipinski definition) is 3. The highest BCUT2D eigenvalue weighted by atomic mass is 28.3. The summed E-state index contributed by atoms with van der Waals surface area (Å²) in [6, 6.07) is 0.991. The van der Waals surface area contributed by atoms with Gasteiger partial charge < -0.3 is 9.64 Å². The Labute approximate surface area is 191 Å². The first kappa shape index (κ1) is 26.1. The molecule has 2 heterocycles. The van der Waals surface area contributed by atoms with Crippen molar-refractivity contribution in [3.8, 4) is 0 Å². The summed E-state index contributed by atoms with van der Waals surface area (Å²) in [5, 5.41) is 0. The van der Waals surface area contributed by atoms with E-state index in [0.717, 1.165) is 38.3 Å². The highest BCUT2D eigenvalue weighted by molar-refractivity contribution is 6.82. The molecule has 2 rings (SSSR count). The van der Waals surface area contributed by atoms with Crippen LogP contribution in [0.1, 0.15) is 67.2 Å². The third-order valence-electron chi connectivity index (χ3n) is 8.64. The quantitative estimate of drug-likeness (QED) is 0.205. The van der Waals surface area contributed by atoms with Gasteiger partial charge in [0.2, 0.25) is 5.91 Å². The summed E-state index contributed by atoms with van der Waals surface area (Å²) in [6.45, 7) is 24.9. The smallest absolute Gasteiger partial charge is 0.327 e. The lowest BCUT2D eigenvalue weighted by molar-refractivity contribution is -0.125. The van der Waals surface area contributed by atoms with Crippen LogP contribution in [-0.4, -0.2) is 62.2 Å². The summed E-state index contributed by atoms with van der Waals surface area (Å²) in [4.78, 5) is 28.5. The molecule has 31 heavy (non-hydrogen) atoms. The number of rotatable bonds is 13. The Balaban J connectivity index is 1.86. The van der Waals surface area contributed by atoms with Gasteiger partial charge in [-0.2, -0.15) is 0 Å². The molecule has 0 aliphatic carbocycles. The summed E-state index contributed by atoms with van der Waals surface area (Å²) in [6.07, 6.45) is 4.25. The van der Waals surface area contributed by atoms with Crippen molar-refractivity contribution in [3.63, 3.8) is 0 Å². The van der Waals surface area contributed by atoms with Crippen molar-refractivity contribution in [1.29, 1.82) is 0 Å². The second-order valence-corrected chi connectivity index (χ2v) is 17.1. The highest BCUT2D eigenvalue weighted by Gasteiger charge is 2.49. The number of nitrogens with zero attached hydrogens (tertiary/aromatic N) is 2. The molecule has 2 saturated heterocycles. The molecule has 2 fully saturated rings. The standard InChI is InChI=1S/C25H46N2O3Si/c1-10-31(8,9)16-12-14-26-18-21(28)27(22(26)29)15-11-13-23(2,3)25(6,7)24(4,5)17-20-19-30-20/h10,20H,1,11-19H2,2-9H3. The Morgan fingerprint density at radius 2 is 1.68 bits per heavy atom. The van der Waals surface area contributed by atoms with Gasteiger partial charge in [0.25, 0.3) is 0 Å². The molecule has 2 aliphatic rings. The van der Waals surface area contributed by atoms with Crippen LogP contribution < -0.4 is 0 Å². The maximum atomic E-state index is 12.8. The molecule has 0 radical (unpaired) electrons. The lowest BCUT2D eigenvalue weighted by Crippen LogP contribution is -2.45. The molecule has 2 aliphatic heterocycles. The van der Waals surface area contributed by atoms with Crippen LogP contribution in [0.15, 0.2) is 12.3 Å². The van der Waals surface area contributed by atoms with E-state index < -0.39 is 8.07 Å². The fourth-order valence-electron chi connectivity index (χ4n) is 4.73. The van der Waals surface area contributed by atoms with E-state index in [1.165, 1.54) is 4.90 Å². The highest BCUT2D eigenvalue weighted by Crippen LogP contribution is 2.56. The molecule has 0 aromatic heterocycles. The molecule has 0 aromatic rings. The van der Waals surface area contributed by atoms with E-state index in [4.69, 9.17) is 4.74 Å². The molecule has 6 heteroatoms. The number of urea groups is 1. The predicted octanol–water partition coefficient (Wildman–Crippen LogP) is 5.72. The van der Waals surface area contributed by atoms with Gasteiger partial charge in [-0.1, -0.05) is 60.7 Å². The van der Waals surface area contributed by atoms with Gasteiger partial charge in [-0.05, 0) is 41.9 Å². The number of carbonyl (C=O) groups excluding carboxylic acids is 2. The number of imide groups is 1. The predicted molar refractivity (Wildman–Crippen MR) is 131 cm³/mol. The van der Waals surface area contributed by atoms with E-state index in [-0.39, 0.29) is 34.7 Å². The van der Waals surface area contributed by atoms with Crippen LogP contribution in [0.25, 0.3) is 0 Å². The van der Waals surface area contributed by atoms with Crippen LogP contribution in [0, 0.1) is 16.2 Å². The average Bonchev–Trinajstić information content (AvgIpc) is 3.42. The molecule has 0 spiro atoms. The number of ether oxygens (including phenoxy) is 1.